The molecule has 0 aliphatic carbocycles. The van der Waals surface area contributed by atoms with Crippen LogP contribution in [0.25, 0.3) is 0 Å². The number of pyridine rings is 1. The fourth-order valence-electron chi connectivity index (χ4n) is 2.31. The van der Waals surface area contributed by atoms with Gasteiger partial charge in [-0.25, -0.2) is 15.5 Å². The summed E-state index contributed by atoms with van der Waals surface area (Å²) in [7, 11) is 1.62. The maximum absolute atomic E-state index is 11.0. The topological polar surface area (TPSA) is 87.0 Å². The standard InChI is InChI=1S/C19H28N4O3/c1-16(26-3)12-13-17(20-2)23(18-10-7-8-14-21-18)15-9-5-4-6-11-19(24)22-25/h7-8,10,12-14,25H,2,4-6,9,11,15H2,1,3H3,(H,22,24)/b16-12+,17-13+. The number of anilines is 1. The fraction of sp³-hybridized carbons (Fsp3) is 0.421. The predicted molar refractivity (Wildman–Crippen MR) is 103 cm³/mol. The van der Waals surface area contributed by atoms with E-state index in [-0.39, 0.29) is 5.91 Å². The SMILES string of the molecule is C=N/C(=C\C=C(/C)OC)N(CCCCCCC(=O)NO)c1ccccn1. The molecule has 0 fully saturated rings. The molecule has 1 aromatic rings. The van der Waals surface area contributed by atoms with E-state index in [1.807, 2.05) is 42.2 Å². The number of ether oxygens (including phenoxy) is 1. The minimum absolute atomic E-state index is 0.334. The van der Waals surface area contributed by atoms with Crippen molar-refractivity contribution in [1.29, 1.82) is 0 Å². The highest BCUT2D eigenvalue weighted by molar-refractivity contribution is 5.74. The maximum Gasteiger partial charge on any atom is 0.243 e. The van der Waals surface area contributed by atoms with Crippen LogP contribution in [0.15, 0.2) is 53.1 Å². The summed E-state index contributed by atoms with van der Waals surface area (Å²) >= 11 is 0. The smallest absolute Gasteiger partial charge is 0.243 e. The summed E-state index contributed by atoms with van der Waals surface area (Å²) in [6, 6.07) is 5.73. The first kappa shape index (κ1) is 21.4. The number of carbonyl (C=O) groups is 1. The van der Waals surface area contributed by atoms with E-state index in [9.17, 15) is 4.79 Å². The second kappa shape index (κ2) is 12.7. The van der Waals surface area contributed by atoms with Gasteiger partial charge in [0.05, 0.1) is 12.9 Å². The second-order valence-electron chi connectivity index (χ2n) is 5.70. The number of hydrogen-bond acceptors (Lipinski definition) is 6. The normalized spacial score (nSPS) is 11.8. The largest absolute Gasteiger partial charge is 0.501 e. The summed E-state index contributed by atoms with van der Waals surface area (Å²) in [6.07, 6.45) is 9.30. The number of methoxy groups -OCH3 is 1. The van der Waals surface area contributed by atoms with Gasteiger partial charge in [-0.3, -0.25) is 10.0 Å². The molecule has 7 nitrogen and oxygen atoms in total. The Balaban J connectivity index is 2.71. The van der Waals surface area contributed by atoms with Crippen LogP contribution in [0.2, 0.25) is 0 Å². The summed E-state index contributed by atoms with van der Waals surface area (Å²) in [5.41, 5.74) is 1.65. The summed E-state index contributed by atoms with van der Waals surface area (Å²) in [5.74, 6) is 1.92. The Hall–Kier alpha value is -2.67. The predicted octanol–water partition coefficient (Wildman–Crippen LogP) is 3.44. The molecule has 2 N–H and O–H groups in total. The van der Waals surface area contributed by atoms with Crippen LogP contribution in [-0.4, -0.2) is 36.5 Å². The Labute approximate surface area is 155 Å². The first-order valence-electron chi connectivity index (χ1n) is 8.63. The quantitative estimate of drug-likeness (QED) is 0.149. The van der Waals surface area contributed by atoms with Crippen molar-refractivity contribution < 1.29 is 14.7 Å². The number of unbranched alkanes of at least 4 members (excludes halogenated alkanes) is 3. The number of aromatic nitrogens is 1. The summed E-state index contributed by atoms with van der Waals surface area (Å²) in [5, 5.41) is 8.48. The molecule has 1 rings (SSSR count). The molecule has 1 aromatic heterocycles. The summed E-state index contributed by atoms with van der Waals surface area (Å²) in [4.78, 5) is 21.6. The first-order valence-corrected chi connectivity index (χ1v) is 8.63. The molecule has 0 saturated heterocycles. The minimum Gasteiger partial charge on any atom is -0.501 e. The Morgan fingerprint density at radius 2 is 2.12 bits per heavy atom. The van der Waals surface area contributed by atoms with Crippen LogP contribution in [0.3, 0.4) is 0 Å². The van der Waals surface area contributed by atoms with Gasteiger partial charge in [-0.05, 0) is 50.8 Å². The van der Waals surface area contributed by atoms with E-state index in [1.54, 1.807) is 18.8 Å². The third-order valence-corrected chi connectivity index (χ3v) is 3.81. The van der Waals surface area contributed by atoms with E-state index in [1.165, 1.54) is 0 Å². The second-order valence-corrected chi connectivity index (χ2v) is 5.70. The molecular formula is C19H28N4O3. The third-order valence-electron chi connectivity index (χ3n) is 3.81. The van der Waals surface area contributed by atoms with E-state index < -0.39 is 0 Å². The van der Waals surface area contributed by atoms with E-state index >= 15 is 0 Å². The van der Waals surface area contributed by atoms with Gasteiger partial charge >= 0.3 is 0 Å². The molecule has 142 valence electrons. The van der Waals surface area contributed by atoms with Gasteiger partial charge in [-0.15, -0.1) is 0 Å². The van der Waals surface area contributed by atoms with Crippen molar-refractivity contribution in [1.82, 2.24) is 10.5 Å². The molecule has 1 amide bonds. The zero-order valence-electron chi connectivity index (χ0n) is 15.5. The van der Waals surface area contributed by atoms with E-state index in [0.717, 1.165) is 43.8 Å². The highest BCUT2D eigenvalue weighted by atomic mass is 16.5. The lowest BCUT2D eigenvalue weighted by Crippen LogP contribution is -2.23. The Morgan fingerprint density at radius 3 is 2.73 bits per heavy atom. The van der Waals surface area contributed by atoms with Crippen molar-refractivity contribution >= 4 is 18.4 Å². The Morgan fingerprint density at radius 1 is 1.35 bits per heavy atom. The van der Waals surface area contributed by atoms with Gasteiger partial charge in [0.25, 0.3) is 0 Å². The minimum atomic E-state index is -0.346. The van der Waals surface area contributed by atoms with Gasteiger partial charge in [0.2, 0.25) is 5.91 Å². The molecule has 0 atom stereocenters. The molecule has 0 bridgehead atoms. The lowest BCUT2D eigenvalue weighted by atomic mass is 10.1. The van der Waals surface area contributed by atoms with E-state index in [0.29, 0.717) is 12.2 Å². The number of hydroxylamine groups is 1. The van der Waals surface area contributed by atoms with Gasteiger partial charge in [0.15, 0.2) is 0 Å². The van der Waals surface area contributed by atoms with Gasteiger partial charge in [0, 0.05) is 19.2 Å². The number of carbonyl (C=O) groups excluding carboxylic acids is 1. The lowest BCUT2D eigenvalue weighted by molar-refractivity contribution is -0.129. The lowest BCUT2D eigenvalue weighted by Gasteiger charge is -2.23. The van der Waals surface area contributed by atoms with Crippen LogP contribution in [0.1, 0.15) is 39.0 Å². The zero-order valence-corrected chi connectivity index (χ0v) is 15.5. The number of amides is 1. The molecule has 26 heavy (non-hydrogen) atoms. The summed E-state index contributed by atoms with van der Waals surface area (Å²) < 4.78 is 5.15. The van der Waals surface area contributed by atoms with Crippen molar-refractivity contribution in [2.75, 3.05) is 18.6 Å². The van der Waals surface area contributed by atoms with Crippen molar-refractivity contribution in [3.05, 3.63) is 48.1 Å². The van der Waals surface area contributed by atoms with Gasteiger partial charge in [0.1, 0.15) is 11.6 Å². The fourth-order valence-corrected chi connectivity index (χ4v) is 2.31. The molecule has 7 heteroatoms. The highest BCUT2D eigenvalue weighted by Gasteiger charge is 2.11. The highest BCUT2D eigenvalue weighted by Crippen LogP contribution is 2.19. The van der Waals surface area contributed by atoms with Crippen molar-refractivity contribution in [3.8, 4) is 0 Å². The molecular weight excluding hydrogens is 332 g/mol. The Bertz CT molecular complexity index is 614. The number of nitrogens with one attached hydrogen (secondary N) is 1. The molecule has 0 saturated carbocycles. The number of rotatable bonds is 12. The zero-order chi connectivity index (χ0) is 19.2. The average Bonchev–Trinajstić information content (AvgIpc) is 2.69. The van der Waals surface area contributed by atoms with Crippen molar-refractivity contribution in [2.24, 2.45) is 4.99 Å². The maximum atomic E-state index is 11.0. The van der Waals surface area contributed by atoms with E-state index in [2.05, 4.69) is 16.7 Å². The molecule has 0 aliphatic heterocycles. The summed E-state index contributed by atoms with van der Waals surface area (Å²) in [6.45, 7) is 6.27. The number of allylic oxidation sites excluding steroid dienone is 3. The van der Waals surface area contributed by atoms with Crippen LogP contribution < -0.4 is 10.4 Å². The van der Waals surface area contributed by atoms with Crippen LogP contribution in [0.4, 0.5) is 5.82 Å². The average molecular weight is 360 g/mol. The van der Waals surface area contributed by atoms with Crippen LogP contribution in [0, 0.1) is 0 Å². The molecule has 0 spiro atoms. The molecule has 0 radical (unpaired) electrons. The number of nitrogens with zero attached hydrogens (tertiary/aromatic N) is 3. The molecule has 0 aromatic carbocycles. The van der Waals surface area contributed by atoms with Gasteiger partial charge in [-0.1, -0.05) is 18.9 Å². The van der Waals surface area contributed by atoms with Crippen molar-refractivity contribution in [2.45, 2.75) is 39.0 Å². The molecule has 1 heterocycles. The van der Waals surface area contributed by atoms with Crippen LogP contribution in [-0.2, 0) is 9.53 Å². The number of hydrogen-bond donors (Lipinski definition) is 2. The van der Waals surface area contributed by atoms with Crippen molar-refractivity contribution in [3.63, 3.8) is 0 Å². The molecule has 0 unspecified atom stereocenters. The van der Waals surface area contributed by atoms with Gasteiger partial charge < -0.3 is 9.64 Å². The molecule has 0 aliphatic rings. The Kier molecular flexibility index (Phi) is 10.4. The monoisotopic (exact) mass is 360 g/mol. The van der Waals surface area contributed by atoms with E-state index in [4.69, 9.17) is 9.94 Å². The van der Waals surface area contributed by atoms with Gasteiger partial charge in [-0.2, -0.15) is 0 Å². The third kappa shape index (κ3) is 7.94. The first-order chi connectivity index (χ1) is 12.6. The van der Waals surface area contributed by atoms with Crippen LogP contribution in [0.5, 0.6) is 0 Å². The number of aliphatic imine (C=N–C) groups is 1. The van der Waals surface area contributed by atoms with Crippen LogP contribution >= 0.6 is 0 Å².